The quantitative estimate of drug-likeness (QED) is 0.615. The maximum Gasteiger partial charge on any atom is 0.191 e. The highest BCUT2D eigenvalue weighted by Gasteiger charge is 2.44. The molecule has 0 atom stereocenters. The summed E-state index contributed by atoms with van der Waals surface area (Å²) >= 11 is 0. The van der Waals surface area contributed by atoms with Crippen LogP contribution in [-0.4, -0.2) is 33.8 Å². The number of nitrogens with zero attached hydrogens (tertiary/aromatic N) is 4. The maximum absolute atomic E-state index is 13.6. The fraction of sp³-hybridized carbons (Fsp3) is 0.526. The second-order valence-electron chi connectivity index (χ2n) is 7.13. The molecule has 1 aliphatic carbocycles. The highest BCUT2D eigenvalue weighted by molar-refractivity contribution is 5.79. The van der Waals surface area contributed by atoms with Crippen molar-refractivity contribution in [1.29, 1.82) is 0 Å². The molecule has 26 heavy (non-hydrogen) atoms. The lowest BCUT2D eigenvalue weighted by molar-refractivity contribution is 0.606. The molecule has 1 aromatic carbocycles. The number of hydrogen-bond acceptors (Lipinski definition) is 3. The molecule has 2 heterocycles. The highest BCUT2D eigenvalue weighted by Crippen LogP contribution is 2.47. The van der Waals surface area contributed by atoms with Gasteiger partial charge in [0.2, 0.25) is 0 Å². The van der Waals surface area contributed by atoms with Crippen molar-refractivity contribution in [3.05, 3.63) is 47.3 Å². The van der Waals surface area contributed by atoms with Crippen molar-refractivity contribution in [2.45, 2.75) is 51.1 Å². The smallest absolute Gasteiger partial charge is 0.191 e. The number of rotatable bonds is 6. The molecule has 0 saturated heterocycles. The van der Waals surface area contributed by atoms with E-state index >= 15 is 0 Å². The number of aliphatic imine (C=N–C) groups is 1. The zero-order valence-corrected chi connectivity index (χ0v) is 15.1. The van der Waals surface area contributed by atoms with Gasteiger partial charge in [-0.25, -0.2) is 9.38 Å². The Hall–Kier alpha value is -2.44. The Bertz CT molecular complexity index is 808. The third-order valence-electron chi connectivity index (χ3n) is 5.29. The van der Waals surface area contributed by atoms with Gasteiger partial charge in [-0.1, -0.05) is 12.1 Å². The minimum atomic E-state index is -0.171. The van der Waals surface area contributed by atoms with E-state index in [1.54, 1.807) is 12.1 Å². The summed E-state index contributed by atoms with van der Waals surface area (Å²) in [6, 6.07) is 6.95. The number of nitrogens with one attached hydrogen (secondary N) is 2. The second kappa shape index (κ2) is 7.05. The standard InChI is InChI=1S/C19H25FN6/c1-2-21-18(22-12-17-25-24-16-7-4-10-26(16)17)23-13-19(8-9-19)14-5-3-6-15(20)11-14/h3,5-6,11H,2,4,7-10,12-13H2,1H3,(H2,21,22,23). The van der Waals surface area contributed by atoms with Gasteiger partial charge in [0.25, 0.3) is 0 Å². The summed E-state index contributed by atoms with van der Waals surface area (Å²) < 4.78 is 15.7. The normalized spacial score (nSPS) is 17.8. The van der Waals surface area contributed by atoms with Crippen LogP contribution in [0.4, 0.5) is 4.39 Å². The molecular formula is C19H25FN6. The number of aromatic nitrogens is 3. The van der Waals surface area contributed by atoms with Crippen LogP contribution in [-0.2, 0) is 24.9 Å². The third kappa shape index (κ3) is 3.43. The molecule has 0 spiro atoms. The summed E-state index contributed by atoms with van der Waals surface area (Å²) in [5, 5.41) is 15.2. The van der Waals surface area contributed by atoms with Crippen molar-refractivity contribution >= 4 is 5.96 Å². The number of aryl methyl sites for hydroxylation is 1. The maximum atomic E-state index is 13.6. The number of benzene rings is 1. The van der Waals surface area contributed by atoms with Crippen LogP contribution in [0, 0.1) is 5.82 Å². The summed E-state index contributed by atoms with van der Waals surface area (Å²) in [4.78, 5) is 4.67. The Morgan fingerprint density at radius 1 is 1.31 bits per heavy atom. The third-order valence-corrected chi connectivity index (χ3v) is 5.29. The van der Waals surface area contributed by atoms with Crippen LogP contribution in [0.3, 0.4) is 0 Å². The first-order valence-corrected chi connectivity index (χ1v) is 9.39. The van der Waals surface area contributed by atoms with E-state index in [2.05, 4.69) is 30.4 Å². The van der Waals surface area contributed by atoms with Gasteiger partial charge in [0, 0.05) is 31.5 Å². The number of hydrogen-bond donors (Lipinski definition) is 2. The van der Waals surface area contributed by atoms with Crippen LogP contribution in [0.1, 0.15) is 43.4 Å². The molecule has 2 N–H and O–H groups in total. The fourth-order valence-electron chi connectivity index (χ4n) is 3.61. The summed E-state index contributed by atoms with van der Waals surface area (Å²) in [6.07, 6.45) is 4.28. The molecule has 138 valence electrons. The predicted molar refractivity (Wildman–Crippen MR) is 98.5 cm³/mol. The zero-order chi connectivity index (χ0) is 18.0. The second-order valence-corrected chi connectivity index (χ2v) is 7.13. The van der Waals surface area contributed by atoms with Crippen molar-refractivity contribution in [3.8, 4) is 0 Å². The van der Waals surface area contributed by atoms with Crippen molar-refractivity contribution < 1.29 is 4.39 Å². The summed E-state index contributed by atoms with van der Waals surface area (Å²) in [7, 11) is 0. The monoisotopic (exact) mass is 356 g/mol. The highest BCUT2D eigenvalue weighted by atomic mass is 19.1. The molecule has 2 aliphatic rings. The van der Waals surface area contributed by atoms with Gasteiger partial charge >= 0.3 is 0 Å². The van der Waals surface area contributed by atoms with E-state index in [9.17, 15) is 4.39 Å². The zero-order valence-electron chi connectivity index (χ0n) is 15.1. The van der Waals surface area contributed by atoms with E-state index in [0.29, 0.717) is 6.54 Å². The summed E-state index contributed by atoms with van der Waals surface area (Å²) in [5.41, 5.74) is 1.09. The van der Waals surface area contributed by atoms with Crippen LogP contribution in [0.5, 0.6) is 0 Å². The van der Waals surface area contributed by atoms with Crippen LogP contribution in [0.15, 0.2) is 29.3 Å². The van der Waals surface area contributed by atoms with Gasteiger partial charge in [0.15, 0.2) is 11.8 Å². The molecule has 7 heteroatoms. The minimum Gasteiger partial charge on any atom is -0.357 e. The van der Waals surface area contributed by atoms with Gasteiger partial charge in [-0.3, -0.25) is 0 Å². The molecule has 1 aromatic heterocycles. The Morgan fingerprint density at radius 2 is 2.19 bits per heavy atom. The number of halogens is 1. The van der Waals surface area contributed by atoms with E-state index in [0.717, 1.165) is 68.5 Å². The molecule has 4 rings (SSSR count). The Labute approximate surface area is 152 Å². The molecule has 1 saturated carbocycles. The van der Waals surface area contributed by atoms with Crippen LogP contribution < -0.4 is 10.6 Å². The average molecular weight is 356 g/mol. The van der Waals surface area contributed by atoms with Crippen molar-refractivity contribution in [3.63, 3.8) is 0 Å². The molecule has 1 aliphatic heterocycles. The van der Waals surface area contributed by atoms with Gasteiger partial charge in [-0.05, 0) is 43.9 Å². The van der Waals surface area contributed by atoms with Crippen molar-refractivity contribution in [2.24, 2.45) is 4.99 Å². The van der Waals surface area contributed by atoms with Crippen molar-refractivity contribution in [1.82, 2.24) is 25.4 Å². The van der Waals surface area contributed by atoms with Gasteiger partial charge in [-0.2, -0.15) is 0 Å². The first-order chi connectivity index (χ1) is 12.7. The molecule has 6 nitrogen and oxygen atoms in total. The van der Waals surface area contributed by atoms with E-state index in [1.807, 2.05) is 13.0 Å². The molecular weight excluding hydrogens is 331 g/mol. The van der Waals surface area contributed by atoms with Gasteiger partial charge in [0.1, 0.15) is 18.2 Å². The van der Waals surface area contributed by atoms with Crippen molar-refractivity contribution in [2.75, 3.05) is 13.1 Å². The van der Waals surface area contributed by atoms with Gasteiger partial charge in [-0.15, -0.1) is 10.2 Å². The largest absolute Gasteiger partial charge is 0.357 e. The average Bonchev–Trinajstić information content (AvgIpc) is 3.11. The Morgan fingerprint density at radius 3 is 2.96 bits per heavy atom. The van der Waals surface area contributed by atoms with E-state index in [4.69, 9.17) is 0 Å². The Kier molecular flexibility index (Phi) is 4.61. The Balaban J connectivity index is 1.42. The number of guanidine groups is 1. The fourth-order valence-corrected chi connectivity index (χ4v) is 3.61. The lowest BCUT2D eigenvalue weighted by Gasteiger charge is -2.19. The molecule has 0 radical (unpaired) electrons. The predicted octanol–water partition coefficient (Wildman–Crippen LogP) is 2.15. The van der Waals surface area contributed by atoms with E-state index < -0.39 is 0 Å². The van der Waals surface area contributed by atoms with Crippen LogP contribution in [0.2, 0.25) is 0 Å². The van der Waals surface area contributed by atoms with Gasteiger partial charge < -0.3 is 15.2 Å². The summed E-state index contributed by atoms with van der Waals surface area (Å²) in [6.45, 7) is 5.08. The molecule has 0 bridgehead atoms. The number of fused-ring (bicyclic) bond motifs is 1. The first kappa shape index (κ1) is 17.0. The first-order valence-electron chi connectivity index (χ1n) is 9.39. The lowest BCUT2D eigenvalue weighted by atomic mass is 9.96. The molecule has 2 aromatic rings. The van der Waals surface area contributed by atoms with Gasteiger partial charge in [0.05, 0.1) is 0 Å². The van der Waals surface area contributed by atoms with E-state index in [1.165, 1.54) is 6.07 Å². The lowest BCUT2D eigenvalue weighted by Crippen LogP contribution is -2.41. The summed E-state index contributed by atoms with van der Waals surface area (Å²) in [5.74, 6) is 2.58. The molecule has 0 unspecified atom stereocenters. The molecule has 1 fully saturated rings. The van der Waals surface area contributed by atoms with E-state index in [-0.39, 0.29) is 11.2 Å². The topological polar surface area (TPSA) is 67.1 Å². The minimum absolute atomic E-state index is 0.0222. The van der Waals surface area contributed by atoms with Crippen LogP contribution in [0.25, 0.3) is 0 Å². The van der Waals surface area contributed by atoms with Crippen LogP contribution >= 0.6 is 0 Å². The SMILES string of the molecule is CCNC(=NCc1nnc2n1CCC2)NCC1(c2cccc(F)c2)CC1. The molecule has 0 amide bonds.